The van der Waals surface area contributed by atoms with Crippen LogP contribution in [0, 0.1) is 17.6 Å². The molecule has 7 nitrogen and oxygen atoms in total. The largest absolute Gasteiger partial charge is 0.355 e. The van der Waals surface area contributed by atoms with E-state index in [1.54, 1.807) is 14.1 Å². The molecule has 1 aliphatic rings. The molecule has 156 valence electrons. The normalized spacial score (nSPS) is 19.8. The van der Waals surface area contributed by atoms with Gasteiger partial charge in [-0.3, -0.25) is 9.59 Å². The summed E-state index contributed by atoms with van der Waals surface area (Å²) in [5.74, 6) is -2.43. The molecule has 0 saturated carbocycles. The van der Waals surface area contributed by atoms with Crippen LogP contribution in [0.4, 0.5) is 8.78 Å². The average molecular weight is 406 g/mol. The van der Waals surface area contributed by atoms with Crippen molar-refractivity contribution in [2.24, 2.45) is 5.92 Å². The summed E-state index contributed by atoms with van der Waals surface area (Å²) in [6, 6.07) is 4.01. The van der Waals surface area contributed by atoms with Crippen LogP contribution in [0.15, 0.2) is 28.8 Å². The number of amides is 2. The lowest BCUT2D eigenvalue weighted by Gasteiger charge is -2.38. The predicted octanol–water partition coefficient (Wildman–Crippen LogP) is 2.15. The Bertz CT molecular complexity index is 900. The Hall–Kier alpha value is -2.81. The zero-order chi connectivity index (χ0) is 21.1. The van der Waals surface area contributed by atoms with Crippen molar-refractivity contribution < 1.29 is 22.9 Å². The Balaban J connectivity index is 1.75. The highest BCUT2D eigenvalue weighted by Gasteiger charge is 2.36. The molecule has 1 saturated heterocycles. The van der Waals surface area contributed by atoms with Gasteiger partial charge in [0.2, 0.25) is 5.91 Å². The van der Waals surface area contributed by atoms with Crippen LogP contribution in [0.1, 0.15) is 23.8 Å². The van der Waals surface area contributed by atoms with Gasteiger partial charge in [0.05, 0.1) is 11.5 Å². The molecule has 2 atom stereocenters. The molecule has 0 spiro atoms. The summed E-state index contributed by atoms with van der Waals surface area (Å²) in [6.45, 7) is 4.18. The fourth-order valence-corrected chi connectivity index (χ4v) is 3.50. The first-order valence-electron chi connectivity index (χ1n) is 9.46. The van der Waals surface area contributed by atoms with E-state index < -0.39 is 17.5 Å². The number of piperidine rings is 1. The van der Waals surface area contributed by atoms with E-state index in [4.69, 9.17) is 4.52 Å². The van der Waals surface area contributed by atoms with Crippen molar-refractivity contribution in [1.82, 2.24) is 20.3 Å². The van der Waals surface area contributed by atoms with Crippen LogP contribution in [0.25, 0.3) is 11.3 Å². The van der Waals surface area contributed by atoms with E-state index in [1.165, 1.54) is 17.0 Å². The zero-order valence-corrected chi connectivity index (χ0v) is 16.6. The van der Waals surface area contributed by atoms with Crippen molar-refractivity contribution in [1.29, 1.82) is 0 Å². The van der Waals surface area contributed by atoms with Crippen molar-refractivity contribution in [3.63, 3.8) is 0 Å². The van der Waals surface area contributed by atoms with Crippen molar-refractivity contribution in [2.75, 3.05) is 33.7 Å². The van der Waals surface area contributed by atoms with E-state index in [-0.39, 0.29) is 34.9 Å². The van der Waals surface area contributed by atoms with Crippen LogP contribution in [-0.2, 0) is 4.79 Å². The van der Waals surface area contributed by atoms with Gasteiger partial charge in [0.1, 0.15) is 11.6 Å². The van der Waals surface area contributed by atoms with Crippen LogP contribution in [0.5, 0.6) is 0 Å². The predicted molar refractivity (Wildman–Crippen MR) is 102 cm³/mol. The fraction of sp³-hybridized carbons (Fsp3) is 0.450. The Morgan fingerprint density at radius 1 is 1.31 bits per heavy atom. The number of likely N-dealkylation sites (tertiary alicyclic amines) is 1. The van der Waals surface area contributed by atoms with Crippen molar-refractivity contribution in [2.45, 2.75) is 19.4 Å². The molecule has 29 heavy (non-hydrogen) atoms. The van der Waals surface area contributed by atoms with Gasteiger partial charge in [-0.1, -0.05) is 12.1 Å². The SMILES string of the molecule is CCN1CC[C@@H](NC(=O)c2cc(-c3ccc(F)cc3F)on2)[C@H](C(=O)N(C)C)C1. The maximum absolute atomic E-state index is 13.9. The highest BCUT2D eigenvalue weighted by atomic mass is 19.1. The molecule has 3 rings (SSSR count). The lowest BCUT2D eigenvalue weighted by atomic mass is 9.90. The molecule has 0 bridgehead atoms. The van der Waals surface area contributed by atoms with Gasteiger partial charge in [-0.15, -0.1) is 0 Å². The molecule has 0 aliphatic carbocycles. The second kappa shape index (κ2) is 8.69. The zero-order valence-electron chi connectivity index (χ0n) is 16.6. The summed E-state index contributed by atoms with van der Waals surface area (Å²) in [4.78, 5) is 28.9. The molecule has 1 aromatic heterocycles. The van der Waals surface area contributed by atoms with Gasteiger partial charge in [-0.05, 0) is 25.1 Å². The summed E-state index contributed by atoms with van der Waals surface area (Å²) >= 11 is 0. The number of carbonyl (C=O) groups is 2. The molecule has 2 aromatic rings. The molecule has 2 amide bonds. The summed E-state index contributed by atoms with van der Waals surface area (Å²) in [7, 11) is 3.38. The highest BCUT2D eigenvalue weighted by Crippen LogP contribution is 2.25. The molecule has 0 unspecified atom stereocenters. The van der Waals surface area contributed by atoms with Crippen molar-refractivity contribution >= 4 is 11.8 Å². The topological polar surface area (TPSA) is 78.7 Å². The van der Waals surface area contributed by atoms with Crippen LogP contribution in [-0.4, -0.2) is 66.5 Å². The molecule has 2 heterocycles. The maximum atomic E-state index is 13.9. The van der Waals surface area contributed by atoms with E-state index in [0.29, 0.717) is 13.0 Å². The van der Waals surface area contributed by atoms with Gasteiger partial charge < -0.3 is 19.6 Å². The first-order valence-corrected chi connectivity index (χ1v) is 9.46. The summed E-state index contributed by atoms with van der Waals surface area (Å²) in [5.41, 5.74) is -0.0208. The Kier molecular flexibility index (Phi) is 6.26. The Labute approximate surface area is 167 Å². The molecule has 1 aliphatic heterocycles. The Morgan fingerprint density at radius 2 is 2.07 bits per heavy atom. The van der Waals surface area contributed by atoms with Gasteiger partial charge in [0, 0.05) is 45.4 Å². The Morgan fingerprint density at radius 3 is 2.72 bits per heavy atom. The van der Waals surface area contributed by atoms with Gasteiger partial charge in [0.15, 0.2) is 11.5 Å². The minimum Gasteiger partial charge on any atom is -0.355 e. The second-order valence-corrected chi connectivity index (χ2v) is 7.30. The summed E-state index contributed by atoms with van der Waals surface area (Å²) in [6.07, 6.45) is 0.626. The third kappa shape index (κ3) is 4.61. The molecular formula is C20H24F2N4O3. The molecule has 9 heteroatoms. The number of carbonyl (C=O) groups excluding carboxylic acids is 2. The minimum atomic E-state index is -0.809. The van der Waals surface area contributed by atoms with Gasteiger partial charge in [-0.2, -0.15) is 0 Å². The van der Waals surface area contributed by atoms with Crippen LogP contribution < -0.4 is 5.32 Å². The number of hydrogen-bond donors (Lipinski definition) is 1. The average Bonchev–Trinajstić information content (AvgIpc) is 3.17. The van der Waals surface area contributed by atoms with Crippen LogP contribution >= 0.6 is 0 Å². The number of nitrogens with zero attached hydrogens (tertiary/aromatic N) is 3. The molecular weight excluding hydrogens is 382 g/mol. The van der Waals surface area contributed by atoms with E-state index in [2.05, 4.69) is 15.4 Å². The highest BCUT2D eigenvalue weighted by molar-refractivity contribution is 5.93. The number of hydrogen-bond acceptors (Lipinski definition) is 5. The second-order valence-electron chi connectivity index (χ2n) is 7.30. The minimum absolute atomic E-state index is 0.00914. The van der Waals surface area contributed by atoms with Crippen LogP contribution in [0.3, 0.4) is 0 Å². The maximum Gasteiger partial charge on any atom is 0.273 e. The van der Waals surface area contributed by atoms with Gasteiger partial charge in [0.25, 0.3) is 5.91 Å². The standard InChI is InChI=1S/C20H24F2N4O3/c1-4-26-8-7-16(14(11-26)20(28)25(2)3)23-19(27)17-10-18(29-24-17)13-6-5-12(21)9-15(13)22/h5-6,9-10,14,16H,4,7-8,11H2,1-3H3,(H,23,27)/t14-,16-/m1/s1. The van der Waals surface area contributed by atoms with E-state index >= 15 is 0 Å². The first kappa shape index (κ1) is 20.9. The van der Waals surface area contributed by atoms with Crippen LogP contribution in [0.2, 0.25) is 0 Å². The van der Waals surface area contributed by atoms with Crippen molar-refractivity contribution in [3.8, 4) is 11.3 Å². The quantitative estimate of drug-likeness (QED) is 0.823. The summed E-state index contributed by atoms with van der Waals surface area (Å²) in [5, 5.41) is 6.57. The number of rotatable bonds is 5. The lowest BCUT2D eigenvalue weighted by molar-refractivity contribution is -0.135. The number of halogens is 2. The molecule has 1 fully saturated rings. The van der Waals surface area contributed by atoms with E-state index in [1.807, 2.05) is 6.92 Å². The smallest absolute Gasteiger partial charge is 0.273 e. The molecule has 1 N–H and O–H groups in total. The number of nitrogens with one attached hydrogen (secondary N) is 1. The number of aromatic nitrogens is 1. The first-order chi connectivity index (χ1) is 13.8. The summed E-state index contributed by atoms with van der Waals surface area (Å²) < 4.78 is 32.1. The monoisotopic (exact) mass is 406 g/mol. The van der Waals surface area contributed by atoms with Gasteiger partial charge in [-0.25, -0.2) is 8.78 Å². The lowest BCUT2D eigenvalue weighted by Crippen LogP contribution is -2.55. The van der Waals surface area contributed by atoms with Crippen molar-refractivity contribution in [3.05, 3.63) is 41.6 Å². The number of benzene rings is 1. The molecule has 1 aromatic carbocycles. The third-order valence-electron chi connectivity index (χ3n) is 5.16. The molecule has 0 radical (unpaired) electrons. The fourth-order valence-electron chi connectivity index (χ4n) is 3.50. The van der Waals surface area contributed by atoms with E-state index in [9.17, 15) is 18.4 Å². The van der Waals surface area contributed by atoms with E-state index in [0.717, 1.165) is 25.2 Å². The third-order valence-corrected chi connectivity index (χ3v) is 5.16. The van der Waals surface area contributed by atoms with Gasteiger partial charge >= 0.3 is 0 Å².